The minimum Gasteiger partial charge on any atom is -0.469 e. The standard InChI is InChI=1S/C20H32N2O10/c1-11-5-7-13(17(25)29-3)9-21(11)31-19(27)15(23)16(24)20(28)32-22-10-14(18(26)30-4)8-6-12(22)2/h11-16,23-24H,5-10H2,1-4H3/t11-,12-,13-,14-,15+,16+/m0/s1. The Morgan fingerprint density at radius 2 is 1.06 bits per heavy atom. The third-order valence-electron chi connectivity index (χ3n) is 5.92. The van der Waals surface area contributed by atoms with Crippen molar-refractivity contribution in [3.05, 3.63) is 0 Å². The van der Waals surface area contributed by atoms with Crippen LogP contribution in [0, 0.1) is 11.8 Å². The Morgan fingerprint density at radius 1 is 0.719 bits per heavy atom. The van der Waals surface area contributed by atoms with Gasteiger partial charge in [0.25, 0.3) is 0 Å². The molecule has 0 aromatic heterocycles. The zero-order valence-electron chi connectivity index (χ0n) is 18.8. The summed E-state index contributed by atoms with van der Waals surface area (Å²) < 4.78 is 9.43. The van der Waals surface area contributed by atoms with Gasteiger partial charge in [0.05, 0.1) is 26.1 Å². The average molecular weight is 460 g/mol. The lowest BCUT2D eigenvalue weighted by molar-refractivity contribution is -0.236. The zero-order chi connectivity index (χ0) is 24.0. The first kappa shape index (κ1) is 26.0. The van der Waals surface area contributed by atoms with E-state index in [9.17, 15) is 29.4 Å². The Hall–Kier alpha value is -2.28. The fourth-order valence-electron chi connectivity index (χ4n) is 3.72. The van der Waals surface area contributed by atoms with Crippen LogP contribution in [0.25, 0.3) is 0 Å². The molecule has 2 aliphatic rings. The maximum atomic E-state index is 12.3. The van der Waals surface area contributed by atoms with Crippen LogP contribution in [0.2, 0.25) is 0 Å². The van der Waals surface area contributed by atoms with Crippen molar-refractivity contribution in [2.45, 2.75) is 63.8 Å². The summed E-state index contributed by atoms with van der Waals surface area (Å²) in [6.45, 7) is 3.67. The van der Waals surface area contributed by atoms with E-state index in [1.807, 2.05) is 0 Å². The first-order valence-corrected chi connectivity index (χ1v) is 10.6. The number of hydrogen-bond acceptors (Lipinski definition) is 12. The molecule has 0 spiro atoms. The van der Waals surface area contributed by atoms with Gasteiger partial charge < -0.3 is 29.4 Å². The first-order chi connectivity index (χ1) is 15.1. The molecule has 182 valence electrons. The lowest BCUT2D eigenvalue weighted by Gasteiger charge is -2.36. The van der Waals surface area contributed by atoms with Crippen LogP contribution in [0.4, 0.5) is 0 Å². The molecule has 2 saturated heterocycles. The monoisotopic (exact) mass is 460 g/mol. The van der Waals surface area contributed by atoms with Crippen LogP contribution < -0.4 is 0 Å². The maximum Gasteiger partial charge on any atom is 0.357 e. The van der Waals surface area contributed by atoms with Crippen LogP contribution in [0.1, 0.15) is 39.5 Å². The summed E-state index contributed by atoms with van der Waals surface area (Å²) in [4.78, 5) is 58.4. The third-order valence-corrected chi connectivity index (χ3v) is 5.92. The van der Waals surface area contributed by atoms with Gasteiger partial charge in [-0.1, -0.05) is 0 Å². The molecule has 0 unspecified atom stereocenters. The molecule has 0 aromatic rings. The van der Waals surface area contributed by atoms with E-state index < -0.39 is 47.9 Å². The molecule has 2 rings (SSSR count). The van der Waals surface area contributed by atoms with Crippen LogP contribution in [-0.2, 0) is 38.3 Å². The van der Waals surface area contributed by atoms with Gasteiger partial charge in [0.15, 0.2) is 12.2 Å². The number of methoxy groups -OCH3 is 2. The van der Waals surface area contributed by atoms with Crippen LogP contribution in [-0.4, -0.2) is 95.8 Å². The van der Waals surface area contributed by atoms with Crippen molar-refractivity contribution in [1.29, 1.82) is 0 Å². The molecule has 12 nitrogen and oxygen atoms in total. The van der Waals surface area contributed by atoms with Gasteiger partial charge >= 0.3 is 23.9 Å². The Bertz CT molecular complexity index is 644. The van der Waals surface area contributed by atoms with E-state index in [2.05, 4.69) is 0 Å². The Labute approximate surface area is 186 Å². The number of nitrogens with zero attached hydrogens (tertiary/aromatic N) is 2. The van der Waals surface area contributed by atoms with Crippen molar-refractivity contribution in [3.8, 4) is 0 Å². The van der Waals surface area contributed by atoms with Crippen molar-refractivity contribution in [2.75, 3.05) is 27.3 Å². The van der Waals surface area contributed by atoms with Crippen molar-refractivity contribution >= 4 is 23.9 Å². The summed E-state index contributed by atoms with van der Waals surface area (Å²) in [5.41, 5.74) is 0. The van der Waals surface area contributed by atoms with E-state index >= 15 is 0 Å². The van der Waals surface area contributed by atoms with E-state index in [-0.39, 0.29) is 25.2 Å². The number of aliphatic hydroxyl groups excluding tert-OH is 2. The van der Waals surface area contributed by atoms with Crippen molar-refractivity contribution in [3.63, 3.8) is 0 Å². The highest BCUT2D eigenvalue weighted by atomic mass is 16.7. The van der Waals surface area contributed by atoms with Gasteiger partial charge in [0, 0.05) is 25.2 Å². The zero-order valence-corrected chi connectivity index (χ0v) is 18.8. The molecule has 0 bridgehead atoms. The number of hydrogen-bond donors (Lipinski definition) is 2. The third kappa shape index (κ3) is 6.37. The lowest BCUT2D eigenvalue weighted by Crippen LogP contribution is -2.51. The SMILES string of the molecule is COC(=O)[C@H]1CC[C@H](C)N(OC(=O)[C@H](O)[C@@H](O)C(=O)ON2C[C@@H](C(=O)OC)CC[C@@H]2C)C1. The molecule has 2 fully saturated rings. The second kappa shape index (κ2) is 11.5. The van der Waals surface area contributed by atoms with Gasteiger partial charge in [0.2, 0.25) is 0 Å². The van der Waals surface area contributed by atoms with Crippen molar-refractivity contribution in [1.82, 2.24) is 10.1 Å². The van der Waals surface area contributed by atoms with Crippen LogP contribution in [0.15, 0.2) is 0 Å². The lowest BCUT2D eigenvalue weighted by atomic mass is 9.95. The molecule has 0 saturated carbocycles. The number of piperidine rings is 2. The van der Waals surface area contributed by atoms with Gasteiger partial charge in [-0.2, -0.15) is 0 Å². The van der Waals surface area contributed by atoms with E-state index in [1.54, 1.807) is 13.8 Å². The van der Waals surface area contributed by atoms with Gasteiger partial charge in [-0.3, -0.25) is 9.59 Å². The molecular weight excluding hydrogens is 428 g/mol. The fraction of sp³-hybridized carbons (Fsp3) is 0.800. The number of esters is 2. The second-order valence-electron chi connectivity index (χ2n) is 8.20. The molecule has 6 atom stereocenters. The molecule has 12 heteroatoms. The summed E-state index contributed by atoms with van der Waals surface area (Å²) in [5, 5.41) is 22.7. The minimum atomic E-state index is -2.20. The number of hydroxylamine groups is 4. The molecule has 32 heavy (non-hydrogen) atoms. The van der Waals surface area contributed by atoms with E-state index in [1.165, 1.54) is 24.3 Å². The molecule has 0 radical (unpaired) electrons. The smallest absolute Gasteiger partial charge is 0.357 e. The quantitative estimate of drug-likeness (QED) is 0.456. The predicted octanol–water partition coefficient (Wildman–Crippen LogP) is -0.828. The van der Waals surface area contributed by atoms with Crippen molar-refractivity contribution in [2.24, 2.45) is 11.8 Å². The molecule has 2 N–H and O–H groups in total. The molecular formula is C20H32N2O10. The average Bonchev–Trinajstić information content (AvgIpc) is 2.79. The molecule has 0 amide bonds. The predicted molar refractivity (Wildman–Crippen MR) is 106 cm³/mol. The topological polar surface area (TPSA) is 152 Å². The largest absolute Gasteiger partial charge is 0.469 e. The van der Waals surface area contributed by atoms with Gasteiger partial charge in [-0.15, -0.1) is 10.1 Å². The summed E-state index contributed by atoms with van der Waals surface area (Å²) in [6, 6.07) is -0.471. The highest BCUT2D eigenvalue weighted by molar-refractivity contribution is 5.85. The molecule has 0 aliphatic carbocycles. The van der Waals surface area contributed by atoms with Gasteiger partial charge in [-0.25, -0.2) is 9.59 Å². The summed E-state index contributed by atoms with van der Waals surface area (Å²) >= 11 is 0. The highest BCUT2D eigenvalue weighted by Crippen LogP contribution is 2.25. The van der Waals surface area contributed by atoms with Crippen LogP contribution in [0.5, 0.6) is 0 Å². The normalized spacial score (nSPS) is 28.8. The Morgan fingerprint density at radius 3 is 1.38 bits per heavy atom. The van der Waals surface area contributed by atoms with Gasteiger partial charge in [0.1, 0.15) is 0 Å². The number of aliphatic hydroxyl groups is 2. The second-order valence-corrected chi connectivity index (χ2v) is 8.20. The van der Waals surface area contributed by atoms with E-state index in [0.717, 1.165) is 0 Å². The molecule has 0 aromatic carbocycles. The molecule has 2 aliphatic heterocycles. The number of ether oxygens (including phenoxy) is 2. The number of carbonyl (C=O) groups excluding carboxylic acids is 4. The summed E-state index contributed by atoms with van der Waals surface area (Å²) in [6.07, 6.45) is -2.21. The van der Waals surface area contributed by atoms with Gasteiger partial charge in [-0.05, 0) is 39.5 Å². The van der Waals surface area contributed by atoms with Crippen LogP contribution >= 0.6 is 0 Å². The molecule has 2 heterocycles. The number of rotatable bonds is 7. The summed E-state index contributed by atoms with van der Waals surface area (Å²) in [7, 11) is 2.53. The van der Waals surface area contributed by atoms with E-state index in [4.69, 9.17) is 19.1 Å². The van der Waals surface area contributed by atoms with Crippen LogP contribution in [0.3, 0.4) is 0 Å². The Balaban J connectivity index is 1.93. The number of carbonyl (C=O) groups is 4. The van der Waals surface area contributed by atoms with Crippen molar-refractivity contribution < 1.29 is 48.5 Å². The van der Waals surface area contributed by atoms with E-state index in [0.29, 0.717) is 25.7 Å². The highest BCUT2D eigenvalue weighted by Gasteiger charge is 2.40. The maximum absolute atomic E-state index is 12.3. The minimum absolute atomic E-state index is 0.0626. The fourth-order valence-corrected chi connectivity index (χ4v) is 3.72. The first-order valence-electron chi connectivity index (χ1n) is 10.6. The summed E-state index contributed by atoms with van der Waals surface area (Å²) in [5.74, 6) is -4.40. The Kier molecular flexibility index (Phi) is 9.37.